The summed E-state index contributed by atoms with van der Waals surface area (Å²) >= 11 is 7.72. The van der Waals surface area contributed by atoms with Crippen LogP contribution in [-0.2, 0) is 4.74 Å². The van der Waals surface area contributed by atoms with Crippen LogP contribution < -0.4 is 5.32 Å². The lowest BCUT2D eigenvalue weighted by molar-refractivity contribution is 0.120. The van der Waals surface area contributed by atoms with Crippen LogP contribution in [0.1, 0.15) is 12.8 Å². The van der Waals surface area contributed by atoms with Crippen LogP contribution in [0.2, 0.25) is 5.02 Å². The second-order valence-corrected chi connectivity index (χ2v) is 5.56. The smallest absolute Gasteiger partial charge is 0.183 e. The van der Waals surface area contributed by atoms with Crippen molar-refractivity contribution >= 4 is 38.3 Å². The van der Waals surface area contributed by atoms with Gasteiger partial charge >= 0.3 is 0 Å². The van der Waals surface area contributed by atoms with E-state index < -0.39 is 0 Å². The summed E-state index contributed by atoms with van der Waals surface area (Å²) in [6.45, 7) is 1.72. The number of hydrogen-bond donors (Lipinski definition) is 1. The van der Waals surface area contributed by atoms with Gasteiger partial charge in [0.05, 0.1) is 15.8 Å². The number of anilines is 1. The molecule has 0 spiro atoms. The van der Waals surface area contributed by atoms with Crippen molar-refractivity contribution < 1.29 is 4.74 Å². The number of fused-ring (bicyclic) bond motifs is 1. The van der Waals surface area contributed by atoms with Crippen molar-refractivity contribution in [2.24, 2.45) is 0 Å². The minimum atomic E-state index is 0.331. The molecule has 2 heterocycles. The molecule has 0 unspecified atom stereocenters. The quantitative estimate of drug-likeness (QED) is 0.925. The summed E-state index contributed by atoms with van der Waals surface area (Å²) in [5.41, 5.74) is 0.883. The molecule has 1 atom stereocenters. The summed E-state index contributed by atoms with van der Waals surface area (Å²) < 4.78 is 6.68. The molecule has 17 heavy (non-hydrogen) atoms. The molecule has 0 bridgehead atoms. The normalized spacial score (nSPS) is 19.9. The molecule has 3 nitrogen and oxygen atoms in total. The highest BCUT2D eigenvalue weighted by Crippen LogP contribution is 2.30. The monoisotopic (exact) mass is 268 g/mol. The lowest BCUT2D eigenvalue weighted by atomic mass is 10.2. The Kier molecular flexibility index (Phi) is 3.18. The molecule has 1 aromatic heterocycles. The van der Waals surface area contributed by atoms with Crippen molar-refractivity contribution in [3.8, 4) is 0 Å². The molecular formula is C12H13ClN2OS. The average Bonchev–Trinajstić information content (AvgIpc) is 2.95. The minimum absolute atomic E-state index is 0.331. The number of hydrogen-bond acceptors (Lipinski definition) is 4. The van der Waals surface area contributed by atoms with Gasteiger partial charge in [0.1, 0.15) is 5.52 Å². The minimum Gasteiger partial charge on any atom is -0.376 e. The number of ether oxygens (including phenoxy) is 1. The van der Waals surface area contributed by atoms with Crippen molar-refractivity contribution in [2.45, 2.75) is 18.9 Å². The first-order valence-corrected chi connectivity index (χ1v) is 6.93. The van der Waals surface area contributed by atoms with Crippen molar-refractivity contribution in [1.29, 1.82) is 0 Å². The topological polar surface area (TPSA) is 34.1 Å². The van der Waals surface area contributed by atoms with E-state index in [2.05, 4.69) is 10.3 Å². The van der Waals surface area contributed by atoms with Gasteiger partial charge in [-0.25, -0.2) is 4.98 Å². The molecule has 1 N–H and O–H groups in total. The van der Waals surface area contributed by atoms with Gasteiger partial charge in [-0.3, -0.25) is 0 Å². The Labute approximate surface area is 109 Å². The highest BCUT2D eigenvalue weighted by atomic mass is 35.5. The van der Waals surface area contributed by atoms with Gasteiger partial charge in [0.15, 0.2) is 5.13 Å². The van der Waals surface area contributed by atoms with Crippen LogP contribution in [0.25, 0.3) is 10.2 Å². The third kappa shape index (κ3) is 2.39. The molecule has 0 radical (unpaired) electrons. The van der Waals surface area contributed by atoms with E-state index in [0.717, 1.165) is 41.3 Å². The van der Waals surface area contributed by atoms with Crippen LogP contribution >= 0.6 is 22.9 Å². The number of para-hydroxylation sites is 1. The first-order valence-electron chi connectivity index (χ1n) is 5.73. The number of nitrogens with zero attached hydrogens (tertiary/aromatic N) is 1. The van der Waals surface area contributed by atoms with E-state index in [4.69, 9.17) is 16.3 Å². The van der Waals surface area contributed by atoms with Crippen LogP contribution in [0.5, 0.6) is 0 Å². The Morgan fingerprint density at radius 3 is 3.24 bits per heavy atom. The van der Waals surface area contributed by atoms with Crippen LogP contribution in [0, 0.1) is 0 Å². The fourth-order valence-corrected chi connectivity index (χ4v) is 3.17. The summed E-state index contributed by atoms with van der Waals surface area (Å²) in [5.74, 6) is 0. The predicted octanol–water partition coefficient (Wildman–Crippen LogP) is 3.54. The fraction of sp³-hybridized carbons (Fsp3) is 0.417. The highest BCUT2D eigenvalue weighted by Gasteiger charge is 2.15. The molecule has 1 fully saturated rings. The number of halogens is 1. The number of aromatic nitrogens is 1. The van der Waals surface area contributed by atoms with E-state index in [-0.39, 0.29) is 0 Å². The van der Waals surface area contributed by atoms with Gasteiger partial charge in [-0.15, -0.1) is 0 Å². The SMILES string of the molecule is Clc1cccc2sc(NC[C@H]3CCCO3)nc12. The second-order valence-electron chi connectivity index (χ2n) is 4.12. The number of nitrogens with one attached hydrogen (secondary N) is 1. The van der Waals surface area contributed by atoms with E-state index >= 15 is 0 Å². The largest absolute Gasteiger partial charge is 0.376 e. The molecule has 0 saturated carbocycles. The summed E-state index contributed by atoms with van der Waals surface area (Å²) in [7, 11) is 0. The maximum atomic E-state index is 6.09. The average molecular weight is 269 g/mol. The zero-order chi connectivity index (χ0) is 11.7. The first kappa shape index (κ1) is 11.3. The predicted molar refractivity (Wildman–Crippen MR) is 72.1 cm³/mol. The van der Waals surface area contributed by atoms with E-state index in [0.29, 0.717) is 11.1 Å². The molecule has 2 aromatic rings. The third-order valence-electron chi connectivity index (χ3n) is 2.87. The van der Waals surface area contributed by atoms with Gasteiger partial charge in [-0.05, 0) is 25.0 Å². The third-order valence-corrected chi connectivity index (χ3v) is 4.16. The van der Waals surface area contributed by atoms with Crippen molar-refractivity contribution in [2.75, 3.05) is 18.5 Å². The molecule has 0 aliphatic carbocycles. The van der Waals surface area contributed by atoms with Crippen molar-refractivity contribution in [3.05, 3.63) is 23.2 Å². The zero-order valence-electron chi connectivity index (χ0n) is 9.28. The van der Waals surface area contributed by atoms with Crippen molar-refractivity contribution in [1.82, 2.24) is 4.98 Å². The molecule has 5 heteroatoms. The van der Waals surface area contributed by atoms with Crippen LogP contribution in [0.15, 0.2) is 18.2 Å². The Balaban J connectivity index is 1.74. The van der Waals surface area contributed by atoms with E-state index in [1.807, 2.05) is 18.2 Å². The van der Waals surface area contributed by atoms with E-state index in [1.165, 1.54) is 0 Å². The summed E-state index contributed by atoms with van der Waals surface area (Å²) in [4.78, 5) is 4.49. The van der Waals surface area contributed by atoms with Crippen molar-refractivity contribution in [3.63, 3.8) is 0 Å². The summed E-state index contributed by atoms with van der Waals surface area (Å²) in [6.07, 6.45) is 2.63. The van der Waals surface area contributed by atoms with Crippen LogP contribution in [-0.4, -0.2) is 24.2 Å². The van der Waals surface area contributed by atoms with Gasteiger partial charge in [0.2, 0.25) is 0 Å². The Morgan fingerprint density at radius 2 is 2.47 bits per heavy atom. The van der Waals surface area contributed by atoms with E-state index in [1.54, 1.807) is 11.3 Å². The first-order chi connectivity index (χ1) is 8.33. The molecule has 0 amide bonds. The molecule has 1 saturated heterocycles. The maximum absolute atomic E-state index is 6.09. The summed E-state index contributed by atoms with van der Waals surface area (Å²) in [5, 5.41) is 4.96. The number of thiazole rings is 1. The van der Waals surface area contributed by atoms with Gasteiger partial charge in [0, 0.05) is 13.2 Å². The summed E-state index contributed by atoms with van der Waals surface area (Å²) in [6, 6.07) is 5.86. The fourth-order valence-electron chi connectivity index (χ4n) is 2.00. The zero-order valence-corrected chi connectivity index (χ0v) is 10.9. The van der Waals surface area contributed by atoms with Gasteiger partial charge in [0.25, 0.3) is 0 Å². The molecule has 1 aliphatic rings. The molecule has 90 valence electrons. The Hall–Kier alpha value is -0.840. The van der Waals surface area contributed by atoms with Gasteiger partial charge < -0.3 is 10.1 Å². The standard InChI is InChI=1S/C12H13ClN2OS/c13-9-4-1-5-10-11(9)15-12(17-10)14-7-8-3-2-6-16-8/h1,4-5,8H,2-3,6-7H2,(H,14,15)/t8-/m1/s1. The van der Waals surface area contributed by atoms with Crippen LogP contribution in [0.4, 0.5) is 5.13 Å². The molecular weight excluding hydrogens is 256 g/mol. The van der Waals surface area contributed by atoms with E-state index in [9.17, 15) is 0 Å². The molecule has 1 aromatic carbocycles. The van der Waals surface area contributed by atoms with Gasteiger partial charge in [-0.1, -0.05) is 29.0 Å². The number of benzene rings is 1. The Morgan fingerprint density at radius 1 is 1.53 bits per heavy atom. The molecule has 3 rings (SSSR count). The Bertz CT molecular complexity index is 522. The second kappa shape index (κ2) is 4.80. The van der Waals surface area contributed by atoms with Gasteiger partial charge in [-0.2, -0.15) is 0 Å². The molecule has 1 aliphatic heterocycles. The lowest BCUT2D eigenvalue weighted by Gasteiger charge is -2.08. The lowest BCUT2D eigenvalue weighted by Crippen LogP contribution is -2.18. The highest BCUT2D eigenvalue weighted by molar-refractivity contribution is 7.22. The number of rotatable bonds is 3. The maximum Gasteiger partial charge on any atom is 0.183 e. The van der Waals surface area contributed by atoms with Crippen LogP contribution in [0.3, 0.4) is 0 Å².